The van der Waals surface area contributed by atoms with Crippen LogP contribution in [0.25, 0.3) is 0 Å². The van der Waals surface area contributed by atoms with Crippen LogP contribution in [0.4, 0.5) is 9.18 Å². The number of rotatable bonds is 0. The second-order valence-corrected chi connectivity index (χ2v) is 6.53. The van der Waals surface area contributed by atoms with Gasteiger partial charge in [0.25, 0.3) is 0 Å². The molecule has 4 nitrogen and oxygen atoms in total. The van der Waals surface area contributed by atoms with Crippen LogP contribution < -0.4 is 0 Å². The first-order valence-electron chi connectivity index (χ1n) is 7.23. The summed E-state index contributed by atoms with van der Waals surface area (Å²) < 4.78 is 25.6. The van der Waals surface area contributed by atoms with Gasteiger partial charge in [-0.05, 0) is 40.0 Å². The lowest BCUT2D eigenvalue weighted by molar-refractivity contribution is -0.123. The third-order valence-corrected chi connectivity index (χ3v) is 3.78. The summed E-state index contributed by atoms with van der Waals surface area (Å²) in [6.07, 6.45) is 4.38. The molecule has 0 aliphatic carbocycles. The number of ether oxygens (including phenoxy) is 2. The molecule has 0 aromatic heterocycles. The quantitative estimate of drug-likeness (QED) is 0.642. The summed E-state index contributed by atoms with van der Waals surface area (Å²) in [4.78, 5) is 13.4. The van der Waals surface area contributed by atoms with Crippen molar-refractivity contribution in [3.05, 3.63) is 12.2 Å². The fourth-order valence-corrected chi connectivity index (χ4v) is 2.67. The molecule has 2 aliphatic rings. The van der Waals surface area contributed by atoms with E-state index in [-0.39, 0.29) is 6.54 Å². The van der Waals surface area contributed by atoms with Crippen molar-refractivity contribution in [2.24, 2.45) is 0 Å². The van der Waals surface area contributed by atoms with Crippen LogP contribution in [-0.4, -0.2) is 48.1 Å². The Morgan fingerprint density at radius 3 is 2.80 bits per heavy atom. The largest absolute Gasteiger partial charge is 0.444 e. The van der Waals surface area contributed by atoms with Crippen molar-refractivity contribution in [1.82, 2.24) is 4.90 Å². The van der Waals surface area contributed by atoms with E-state index in [4.69, 9.17) is 9.47 Å². The van der Waals surface area contributed by atoms with Crippen LogP contribution >= 0.6 is 0 Å². The van der Waals surface area contributed by atoms with E-state index in [1.165, 1.54) is 4.90 Å². The lowest BCUT2D eigenvalue weighted by atomic mass is 9.85. The molecule has 1 amide bonds. The van der Waals surface area contributed by atoms with Crippen molar-refractivity contribution in [1.29, 1.82) is 0 Å². The number of hydrogen-bond acceptors (Lipinski definition) is 3. The van der Waals surface area contributed by atoms with Gasteiger partial charge < -0.3 is 14.4 Å². The van der Waals surface area contributed by atoms with Gasteiger partial charge in [-0.15, -0.1) is 0 Å². The second kappa shape index (κ2) is 5.72. The number of piperidine rings is 1. The Labute approximate surface area is 119 Å². The van der Waals surface area contributed by atoms with Crippen LogP contribution in [-0.2, 0) is 9.47 Å². The average Bonchev–Trinajstić information content (AvgIpc) is 2.57. The average molecular weight is 285 g/mol. The number of amides is 1. The maximum Gasteiger partial charge on any atom is 0.410 e. The number of nitrogens with zero attached hydrogens (tertiary/aromatic N) is 1. The van der Waals surface area contributed by atoms with Gasteiger partial charge in [-0.2, -0.15) is 0 Å². The van der Waals surface area contributed by atoms with Crippen LogP contribution in [0.1, 0.15) is 40.0 Å². The van der Waals surface area contributed by atoms with Gasteiger partial charge in [0, 0.05) is 6.54 Å². The SMILES string of the molecule is CC(C)(C)OC(=O)N1CCC2(CCC=CCO2)C(F)C1. The third kappa shape index (κ3) is 3.51. The third-order valence-electron chi connectivity index (χ3n) is 3.78. The molecule has 0 aromatic rings. The minimum absolute atomic E-state index is 0.0505. The Bertz CT molecular complexity index is 379. The number of halogens is 1. The first-order chi connectivity index (χ1) is 9.32. The van der Waals surface area contributed by atoms with Crippen LogP contribution in [0.15, 0.2) is 12.2 Å². The highest BCUT2D eigenvalue weighted by molar-refractivity contribution is 5.68. The van der Waals surface area contributed by atoms with Gasteiger partial charge in [-0.25, -0.2) is 9.18 Å². The van der Waals surface area contributed by atoms with Crippen LogP contribution in [0.5, 0.6) is 0 Å². The zero-order chi connectivity index (χ0) is 14.8. The molecule has 0 N–H and O–H groups in total. The summed E-state index contributed by atoms with van der Waals surface area (Å²) in [5, 5.41) is 0. The van der Waals surface area contributed by atoms with E-state index in [1.807, 2.05) is 32.9 Å². The molecular weight excluding hydrogens is 261 g/mol. The van der Waals surface area contributed by atoms with E-state index >= 15 is 0 Å². The van der Waals surface area contributed by atoms with Crippen molar-refractivity contribution in [2.75, 3.05) is 19.7 Å². The molecule has 2 heterocycles. The summed E-state index contributed by atoms with van der Waals surface area (Å²) in [7, 11) is 0. The standard InChI is InChI=1S/C15H24FNO3/c1-14(2,3)20-13(18)17-9-8-15(12(16)11-17)7-5-4-6-10-19-15/h4,6,12H,5,7-11H2,1-3H3. The molecule has 2 aliphatic heterocycles. The van der Waals surface area contributed by atoms with Crippen molar-refractivity contribution in [3.8, 4) is 0 Å². The smallest absolute Gasteiger partial charge is 0.410 e. The van der Waals surface area contributed by atoms with E-state index in [1.54, 1.807) is 0 Å². The van der Waals surface area contributed by atoms with Gasteiger partial charge in [0.15, 0.2) is 0 Å². The van der Waals surface area contributed by atoms with Crippen molar-refractivity contribution in [3.63, 3.8) is 0 Å². The molecule has 1 saturated heterocycles. The summed E-state index contributed by atoms with van der Waals surface area (Å²) >= 11 is 0. The Morgan fingerprint density at radius 2 is 2.15 bits per heavy atom. The highest BCUT2D eigenvalue weighted by atomic mass is 19.1. The van der Waals surface area contributed by atoms with Crippen molar-refractivity contribution >= 4 is 6.09 Å². The molecule has 1 spiro atoms. The lowest BCUT2D eigenvalue weighted by Crippen LogP contribution is -2.56. The maximum atomic E-state index is 14.5. The summed E-state index contributed by atoms with van der Waals surface area (Å²) in [5.74, 6) is 0. The zero-order valence-corrected chi connectivity index (χ0v) is 12.5. The first kappa shape index (κ1) is 15.3. The van der Waals surface area contributed by atoms with E-state index in [0.29, 0.717) is 26.0 Å². The molecule has 0 radical (unpaired) electrons. The summed E-state index contributed by atoms with van der Waals surface area (Å²) in [5.41, 5.74) is -1.29. The lowest BCUT2D eigenvalue weighted by Gasteiger charge is -2.43. The Morgan fingerprint density at radius 1 is 1.40 bits per heavy atom. The molecule has 114 valence electrons. The van der Waals surface area contributed by atoms with Crippen LogP contribution in [0.2, 0.25) is 0 Å². The van der Waals surface area contributed by atoms with Gasteiger partial charge in [0.2, 0.25) is 0 Å². The molecule has 0 aromatic carbocycles. The van der Waals surface area contributed by atoms with Gasteiger partial charge >= 0.3 is 6.09 Å². The van der Waals surface area contributed by atoms with Crippen molar-refractivity contribution in [2.45, 2.75) is 57.4 Å². The van der Waals surface area contributed by atoms with Gasteiger partial charge in [-0.3, -0.25) is 0 Å². The van der Waals surface area contributed by atoms with Crippen molar-refractivity contribution < 1.29 is 18.7 Å². The predicted octanol–water partition coefficient (Wildman–Crippen LogP) is 3.07. The number of likely N-dealkylation sites (tertiary alicyclic amines) is 1. The number of carbonyl (C=O) groups is 1. The van der Waals surface area contributed by atoms with Crippen LogP contribution in [0, 0.1) is 0 Å². The molecule has 2 unspecified atom stereocenters. The second-order valence-electron chi connectivity index (χ2n) is 6.53. The Kier molecular flexibility index (Phi) is 4.37. The number of alkyl halides is 1. The van der Waals surface area contributed by atoms with Gasteiger partial charge in [0.1, 0.15) is 17.4 Å². The van der Waals surface area contributed by atoms with E-state index < -0.39 is 23.5 Å². The first-order valence-corrected chi connectivity index (χ1v) is 7.23. The molecule has 2 rings (SSSR count). The minimum atomic E-state index is -1.16. The fourth-order valence-electron chi connectivity index (χ4n) is 2.67. The highest BCUT2D eigenvalue weighted by Gasteiger charge is 2.46. The summed E-state index contributed by atoms with van der Waals surface area (Å²) in [6.45, 7) is 6.41. The zero-order valence-electron chi connectivity index (χ0n) is 12.5. The molecule has 0 saturated carbocycles. The molecule has 20 heavy (non-hydrogen) atoms. The Hall–Kier alpha value is -1.10. The summed E-state index contributed by atoms with van der Waals surface area (Å²) in [6, 6.07) is 0. The predicted molar refractivity (Wildman–Crippen MR) is 74.4 cm³/mol. The van der Waals surface area contributed by atoms with Gasteiger partial charge in [-0.1, -0.05) is 12.2 Å². The molecule has 1 fully saturated rings. The monoisotopic (exact) mass is 285 g/mol. The normalized spacial score (nSPS) is 31.2. The Balaban J connectivity index is 1.96. The highest BCUT2D eigenvalue weighted by Crippen LogP contribution is 2.35. The van der Waals surface area contributed by atoms with Crippen LogP contribution in [0.3, 0.4) is 0 Å². The molecule has 2 atom stereocenters. The van der Waals surface area contributed by atoms with Gasteiger partial charge in [0.05, 0.1) is 13.2 Å². The fraction of sp³-hybridized carbons (Fsp3) is 0.800. The van der Waals surface area contributed by atoms with E-state index in [9.17, 15) is 9.18 Å². The number of carbonyl (C=O) groups excluding carboxylic acids is 1. The maximum absolute atomic E-state index is 14.5. The molecule has 5 heteroatoms. The minimum Gasteiger partial charge on any atom is -0.444 e. The van der Waals surface area contributed by atoms with E-state index in [0.717, 1.165) is 6.42 Å². The molecular formula is C15H24FNO3. The van der Waals surface area contributed by atoms with E-state index in [2.05, 4.69) is 0 Å². The topological polar surface area (TPSA) is 38.8 Å². The molecule has 0 bridgehead atoms. The number of hydrogen-bond donors (Lipinski definition) is 0. The number of allylic oxidation sites excluding steroid dienone is 1.